The molecule has 2 aromatic heterocycles. The molecule has 2 aliphatic rings. The van der Waals surface area contributed by atoms with Gasteiger partial charge in [0, 0.05) is 43.0 Å². The maximum absolute atomic E-state index is 15.3. The third-order valence-electron chi connectivity index (χ3n) is 7.83. The molecule has 1 amide bonds. The number of amidine groups is 1. The Bertz CT molecular complexity index is 1690. The van der Waals surface area contributed by atoms with E-state index in [0.29, 0.717) is 48.6 Å². The highest BCUT2D eigenvalue weighted by Gasteiger charge is 2.37. The number of carbonyl (C=O) groups excluding carboxylic acids is 2. The lowest BCUT2D eigenvalue weighted by Crippen LogP contribution is -2.56. The molecule has 0 aliphatic carbocycles. The molecule has 1 aromatic carbocycles. The summed E-state index contributed by atoms with van der Waals surface area (Å²) in [6.45, 7) is 10.7. The van der Waals surface area contributed by atoms with Gasteiger partial charge in [-0.2, -0.15) is 0 Å². The second-order valence-corrected chi connectivity index (χ2v) is 11.0. The largest absolute Gasteiger partial charge is 0.350 e. The molecule has 5 rings (SSSR count). The summed E-state index contributed by atoms with van der Waals surface area (Å²) in [4.78, 5) is 43.4. The van der Waals surface area contributed by atoms with Crippen LogP contribution in [0.4, 0.5) is 24.7 Å². The predicted molar refractivity (Wildman–Crippen MR) is 164 cm³/mol. The molecule has 228 valence electrons. The molecule has 8 nitrogen and oxygen atoms in total. The zero-order valence-electron chi connectivity index (χ0n) is 24.2. The summed E-state index contributed by atoms with van der Waals surface area (Å²) in [5, 5.41) is 0.0544. The summed E-state index contributed by atoms with van der Waals surface area (Å²) in [7, 11) is 0. The fourth-order valence-electron chi connectivity index (χ4n) is 5.64. The van der Waals surface area contributed by atoms with E-state index >= 15 is 4.39 Å². The van der Waals surface area contributed by atoms with Crippen LogP contribution in [0.2, 0.25) is 5.02 Å². The zero-order chi connectivity index (χ0) is 31.7. The summed E-state index contributed by atoms with van der Waals surface area (Å²) >= 11 is 6.77. The highest BCUT2D eigenvalue weighted by Crippen LogP contribution is 2.44. The normalized spacial score (nSPS) is 16.6. The van der Waals surface area contributed by atoms with Crippen molar-refractivity contribution in [3.05, 3.63) is 94.8 Å². The van der Waals surface area contributed by atoms with E-state index in [0.717, 1.165) is 0 Å². The van der Waals surface area contributed by atoms with Crippen LogP contribution in [0.3, 0.4) is 0 Å². The number of aldehydes is 1. The molecule has 1 fully saturated rings. The number of amides is 1. The topological polar surface area (TPSA) is 82.0 Å². The zero-order valence-corrected chi connectivity index (χ0v) is 25.0. The van der Waals surface area contributed by atoms with Crippen molar-refractivity contribution in [2.75, 3.05) is 37.9 Å². The molecule has 1 saturated heterocycles. The Hall–Kier alpha value is -4.51. The lowest BCUT2D eigenvalue weighted by molar-refractivity contribution is -0.128. The molecule has 1 atom stereocenters. The van der Waals surface area contributed by atoms with Crippen molar-refractivity contribution in [1.82, 2.24) is 19.8 Å². The van der Waals surface area contributed by atoms with Gasteiger partial charge in [0.05, 0.1) is 33.6 Å². The number of alkyl halides is 2. The van der Waals surface area contributed by atoms with Crippen LogP contribution in [0.25, 0.3) is 11.3 Å². The first-order valence-corrected chi connectivity index (χ1v) is 14.3. The minimum absolute atomic E-state index is 0.00487. The van der Waals surface area contributed by atoms with E-state index in [9.17, 15) is 18.4 Å². The quantitative estimate of drug-likeness (QED) is 0.178. The van der Waals surface area contributed by atoms with Gasteiger partial charge in [0.25, 0.3) is 0 Å². The average molecular weight is 625 g/mol. The summed E-state index contributed by atoms with van der Waals surface area (Å²) in [5.41, 5.74) is 1.48. The van der Waals surface area contributed by atoms with E-state index in [2.05, 4.69) is 18.1 Å². The number of anilines is 2. The number of nitrogens with zero attached hydrogens (tertiary/aromatic N) is 6. The smallest absolute Gasteiger partial charge is 0.246 e. The molecular formula is C32H30ClF3N6O2. The van der Waals surface area contributed by atoms with Crippen LogP contribution < -0.4 is 4.90 Å². The van der Waals surface area contributed by atoms with Crippen molar-refractivity contribution in [3.63, 3.8) is 0 Å². The van der Waals surface area contributed by atoms with Gasteiger partial charge < -0.3 is 9.80 Å². The number of hydrogen-bond donors (Lipinski definition) is 0. The van der Waals surface area contributed by atoms with Crippen molar-refractivity contribution in [1.29, 1.82) is 0 Å². The van der Waals surface area contributed by atoms with Crippen molar-refractivity contribution in [2.45, 2.75) is 25.8 Å². The molecule has 0 unspecified atom stereocenters. The SMILES string of the molecule is C=CC(=[18O])N1CCN(C2=NC(=C)N(c3c(C)ccnc3C(CF)CF)c3nc(-c4c(F)cccc4C=O)c(Cl)cc32)[C@@H](C)C1. The molecular weight excluding hydrogens is 595 g/mol. The van der Waals surface area contributed by atoms with Gasteiger partial charge in [-0.05, 0) is 43.7 Å². The third kappa shape index (κ3) is 5.36. The maximum Gasteiger partial charge on any atom is 0.246 e. The van der Waals surface area contributed by atoms with E-state index in [1.54, 1.807) is 24.0 Å². The first kappa shape index (κ1) is 30.9. The number of pyridine rings is 2. The van der Waals surface area contributed by atoms with Crippen LogP contribution in [0, 0.1) is 12.7 Å². The fourth-order valence-corrected chi connectivity index (χ4v) is 5.88. The first-order valence-electron chi connectivity index (χ1n) is 13.9. The Morgan fingerprint density at radius 2 is 2.00 bits per heavy atom. The van der Waals surface area contributed by atoms with Gasteiger partial charge in [-0.15, -0.1) is 0 Å². The number of aryl methyl sites for hydroxylation is 1. The van der Waals surface area contributed by atoms with Gasteiger partial charge in [0.2, 0.25) is 5.91 Å². The summed E-state index contributed by atoms with van der Waals surface area (Å²) in [6.07, 6.45) is 3.26. The molecule has 0 radical (unpaired) electrons. The Morgan fingerprint density at radius 3 is 2.66 bits per heavy atom. The van der Waals surface area contributed by atoms with E-state index in [1.807, 2.05) is 11.8 Å². The summed E-state index contributed by atoms with van der Waals surface area (Å²) < 4.78 is 43.3. The highest BCUT2D eigenvalue weighted by molar-refractivity contribution is 6.34. The molecule has 0 bridgehead atoms. The Kier molecular flexibility index (Phi) is 8.87. The number of carbonyl (C=O) groups is 2. The van der Waals surface area contributed by atoms with Crippen LogP contribution in [-0.2, 0) is 4.79 Å². The van der Waals surface area contributed by atoms with Gasteiger partial charge >= 0.3 is 0 Å². The highest BCUT2D eigenvalue weighted by atomic mass is 35.5. The number of halogens is 4. The number of piperazine rings is 1. The van der Waals surface area contributed by atoms with E-state index < -0.39 is 25.1 Å². The molecule has 44 heavy (non-hydrogen) atoms. The van der Waals surface area contributed by atoms with Gasteiger partial charge in [0.15, 0.2) is 12.1 Å². The van der Waals surface area contributed by atoms with E-state index in [1.165, 1.54) is 35.4 Å². The monoisotopic (exact) mass is 624 g/mol. The summed E-state index contributed by atoms with van der Waals surface area (Å²) in [6, 6.07) is 7.14. The van der Waals surface area contributed by atoms with Crippen LogP contribution >= 0.6 is 11.6 Å². The molecule has 2 aliphatic heterocycles. The molecule has 0 spiro atoms. The van der Waals surface area contributed by atoms with Crippen LogP contribution in [0.15, 0.2) is 66.6 Å². The Labute approximate surface area is 258 Å². The van der Waals surface area contributed by atoms with Gasteiger partial charge in [-0.25, -0.2) is 14.4 Å². The molecule has 3 aromatic rings. The molecule has 0 N–H and O–H groups in total. The first-order chi connectivity index (χ1) is 21.1. The predicted octanol–water partition coefficient (Wildman–Crippen LogP) is 6.17. The van der Waals surface area contributed by atoms with Gasteiger partial charge in [-0.3, -0.25) is 28.3 Å². The van der Waals surface area contributed by atoms with Gasteiger partial charge in [-0.1, -0.05) is 36.9 Å². The minimum atomic E-state index is -1.16. The standard InChI is InChI=1S/C32H30ClF3N6O2/c1-5-26(44)40-11-12-41(19(3)16-40)31-23-13-24(33)29(27-21(17-43)7-6-8-25(27)36)39-32(23)42(20(4)38-31)30-18(2)9-10-37-28(30)22(14-34)15-35/h5-10,13,17,19,22H,1,4,11-12,14-16H2,2-3H3/t19-/m0/s1/i44+2. The van der Waals surface area contributed by atoms with Crippen LogP contribution in [0.5, 0.6) is 0 Å². The van der Waals surface area contributed by atoms with E-state index in [-0.39, 0.29) is 51.1 Å². The minimum Gasteiger partial charge on any atom is -0.350 e. The Balaban J connectivity index is 1.75. The van der Waals surface area contributed by atoms with Crippen molar-refractivity contribution in [2.24, 2.45) is 4.99 Å². The maximum atomic E-state index is 15.3. The molecule has 0 saturated carbocycles. The lowest BCUT2D eigenvalue weighted by Gasteiger charge is -2.43. The third-order valence-corrected chi connectivity index (χ3v) is 8.12. The second-order valence-electron chi connectivity index (χ2n) is 10.6. The van der Waals surface area contributed by atoms with Crippen molar-refractivity contribution >= 4 is 41.1 Å². The lowest BCUT2D eigenvalue weighted by atomic mass is 9.99. The second kappa shape index (κ2) is 12.6. The van der Waals surface area contributed by atoms with Crippen LogP contribution in [0.1, 0.15) is 40.0 Å². The number of fused-ring (bicyclic) bond motifs is 1. The number of benzene rings is 1. The number of aromatic nitrogens is 2. The van der Waals surface area contributed by atoms with E-state index in [4.69, 9.17) is 21.6 Å². The van der Waals surface area contributed by atoms with Crippen LogP contribution in [-0.4, -0.2) is 76.8 Å². The van der Waals surface area contributed by atoms with Gasteiger partial charge in [0.1, 0.15) is 30.8 Å². The van der Waals surface area contributed by atoms with Crippen molar-refractivity contribution < 1.29 is 22.8 Å². The molecule has 12 heteroatoms. The Morgan fingerprint density at radius 1 is 1.25 bits per heavy atom. The number of rotatable bonds is 7. The number of aliphatic imine (C=N–C) groups is 1. The molecule has 4 heterocycles. The summed E-state index contributed by atoms with van der Waals surface area (Å²) in [5.74, 6) is -1.21. The fraction of sp³-hybridized carbons (Fsp3) is 0.281. The average Bonchev–Trinajstić information content (AvgIpc) is 3.01. The van der Waals surface area contributed by atoms with Crippen molar-refractivity contribution in [3.8, 4) is 11.3 Å². The number of hydrogen-bond acceptors (Lipinski definition) is 7.